The van der Waals surface area contributed by atoms with Gasteiger partial charge in [0.2, 0.25) is 11.8 Å². The van der Waals surface area contributed by atoms with Gasteiger partial charge in [0.25, 0.3) is 0 Å². The van der Waals surface area contributed by atoms with Crippen molar-refractivity contribution in [2.45, 2.75) is 39.4 Å². The van der Waals surface area contributed by atoms with Crippen LogP contribution in [0.4, 0.5) is 10.5 Å². The SMILES string of the molecule is CCn1ccc2ccc(NC(=O)N(C)C(C)C(=O)N(C)C(C)C(=O)NC)cc21. The van der Waals surface area contributed by atoms with Crippen molar-refractivity contribution in [1.82, 2.24) is 19.7 Å². The van der Waals surface area contributed by atoms with Crippen molar-refractivity contribution in [2.75, 3.05) is 26.5 Å². The molecule has 0 aliphatic rings. The van der Waals surface area contributed by atoms with Crippen LogP contribution in [0.1, 0.15) is 20.8 Å². The zero-order valence-electron chi connectivity index (χ0n) is 17.3. The van der Waals surface area contributed by atoms with Crippen LogP contribution in [0.5, 0.6) is 0 Å². The van der Waals surface area contributed by atoms with Crippen LogP contribution in [0, 0.1) is 0 Å². The fourth-order valence-corrected chi connectivity index (χ4v) is 2.96. The first-order valence-corrected chi connectivity index (χ1v) is 9.32. The van der Waals surface area contributed by atoms with Gasteiger partial charge in [0, 0.05) is 39.6 Å². The number of amides is 4. The molecule has 152 valence electrons. The number of fused-ring (bicyclic) bond motifs is 1. The van der Waals surface area contributed by atoms with Gasteiger partial charge in [-0.3, -0.25) is 9.59 Å². The topological polar surface area (TPSA) is 86.7 Å². The summed E-state index contributed by atoms with van der Waals surface area (Å²) in [4.78, 5) is 39.7. The number of hydrogen-bond donors (Lipinski definition) is 2. The molecule has 2 N–H and O–H groups in total. The molecule has 0 radical (unpaired) electrons. The van der Waals surface area contributed by atoms with E-state index in [9.17, 15) is 14.4 Å². The summed E-state index contributed by atoms with van der Waals surface area (Å²) in [5.41, 5.74) is 1.69. The summed E-state index contributed by atoms with van der Waals surface area (Å²) in [5.74, 6) is -0.577. The minimum absolute atomic E-state index is 0.262. The number of anilines is 1. The molecule has 1 aromatic heterocycles. The zero-order valence-corrected chi connectivity index (χ0v) is 17.3. The molecule has 28 heavy (non-hydrogen) atoms. The van der Waals surface area contributed by atoms with Crippen molar-refractivity contribution >= 4 is 34.4 Å². The molecule has 2 unspecified atom stereocenters. The van der Waals surface area contributed by atoms with Gasteiger partial charge in [-0.05, 0) is 44.4 Å². The van der Waals surface area contributed by atoms with Gasteiger partial charge in [-0.1, -0.05) is 6.07 Å². The maximum Gasteiger partial charge on any atom is 0.322 e. The van der Waals surface area contributed by atoms with Gasteiger partial charge in [-0.15, -0.1) is 0 Å². The fourth-order valence-electron chi connectivity index (χ4n) is 2.96. The average Bonchev–Trinajstić information content (AvgIpc) is 3.12. The lowest BCUT2D eigenvalue weighted by Gasteiger charge is -2.31. The van der Waals surface area contributed by atoms with Crippen molar-refractivity contribution in [3.05, 3.63) is 30.5 Å². The minimum Gasteiger partial charge on any atom is -0.357 e. The van der Waals surface area contributed by atoms with E-state index in [4.69, 9.17) is 0 Å². The van der Waals surface area contributed by atoms with E-state index in [1.54, 1.807) is 27.9 Å². The Labute approximate surface area is 165 Å². The number of aromatic nitrogens is 1. The highest BCUT2D eigenvalue weighted by molar-refractivity contribution is 5.96. The Morgan fingerprint density at radius 1 is 1.07 bits per heavy atom. The van der Waals surface area contributed by atoms with E-state index in [0.717, 1.165) is 17.4 Å². The van der Waals surface area contributed by atoms with Crippen LogP contribution in [0.25, 0.3) is 10.9 Å². The summed E-state index contributed by atoms with van der Waals surface area (Å²) >= 11 is 0. The van der Waals surface area contributed by atoms with E-state index in [1.807, 2.05) is 30.5 Å². The molecule has 0 aliphatic heterocycles. The van der Waals surface area contributed by atoms with E-state index in [-0.39, 0.29) is 11.8 Å². The number of urea groups is 1. The number of rotatable bonds is 6. The number of nitrogens with one attached hydrogen (secondary N) is 2. The molecule has 0 bridgehead atoms. The molecule has 0 fully saturated rings. The van der Waals surface area contributed by atoms with Crippen molar-refractivity contribution in [1.29, 1.82) is 0 Å². The van der Waals surface area contributed by atoms with Gasteiger partial charge in [0.15, 0.2) is 0 Å². The summed E-state index contributed by atoms with van der Waals surface area (Å²) in [6.07, 6.45) is 2.01. The highest BCUT2D eigenvalue weighted by Gasteiger charge is 2.29. The van der Waals surface area contributed by atoms with Crippen LogP contribution < -0.4 is 10.6 Å². The largest absolute Gasteiger partial charge is 0.357 e. The van der Waals surface area contributed by atoms with Crippen molar-refractivity contribution in [3.63, 3.8) is 0 Å². The van der Waals surface area contributed by atoms with E-state index in [2.05, 4.69) is 22.1 Å². The first kappa shape index (κ1) is 21.3. The highest BCUT2D eigenvalue weighted by Crippen LogP contribution is 2.21. The third-order valence-electron chi connectivity index (χ3n) is 5.18. The first-order chi connectivity index (χ1) is 13.2. The van der Waals surface area contributed by atoms with Crippen LogP contribution in [0.3, 0.4) is 0 Å². The predicted molar refractivity (Wildman–Crippen MR) is 110 cm³/mol. The molecule has 8 nitrogen and oxygen atoms in total. The molecule has 2 aromatic rings. The monoisotopic (exact) mass is 387 g/mol. The minimum atomic E-state index is -0.722. The van der Waals surface area contributed by atoms with E-state index in [0.29, 0.717) is 5.69 Å². The molecule has 0 saturated carbocycles. The summed E-state index contributed by atoms with van der Waals surface area (Å²) in [6.45, 7) is 6.17. The molecular formula is C20H29N5O3. The predicted octanol–water partition coefficient (Wildman–Crippen LogP) is 2.11. The Kier molecular flexibility index (Phi) is 6.66. The molecule has 2 atom stereocenters. The van der Waals surface area contributed by atoms with Gasteiger partial charge in [-0.2, -0.15) is 0 Å². The lowest BCUT2D eigenvalue weighted by atomic mass is 10.2. The Balaban J connectivity index is 2.09. The second-order valence-electron chi connectivity index (χ2n) is 6.83. The fraction of sp³-hybridized carbons (Fsp3) is 0.450. The summed E-state index contributed by atoms with van der Waals surface area (Å²) in [7, 11) is 4.63. The Bertz CT molecular complexity index is 876. The van der Waals surface area contributed by atoms with E-state index >= 15 is 0 Å². The number of aryl methyl sites for hydroxylation is 1. The maximum absolute atomic E-state index is 12.6. The smallest absolute Gasteiger partial charge is 0.322 e. The number of hydrogen-bond acceptors (Lipinski definition) is 3. The summed E-state index contributed by atoms with van der Waals surface area (Å²) in [6, 6.07) is 5.99. The molecule has 4 amide bonds. The van der Waals surface area contributed by atoms with Gasteiger partial charge < -0.3 is 25.0 Å². The molecule has 0 saturated heterocycles. The molecule has 0 aliphatic carbocycles. The lowest BCUT2D eigenvalue weighted by molar-refractivity contribution is -0.140. The van der Waals surface area contributed by atoms with Crippen LogP contribution >= 0.6 is 0 Å². The second-order valence-corrected chi connectivity index (χ2v) is 6.83. The maximum atomic E-state index is 12.6. The molecule has 8 heteroatoms. The first-order valence-electron chi connectivity index (χ1n) is 9.32. The van der Waals surface area contributed by atoms with Crippen molar-refractivity contribution in [3.8, 4) is 0 Å². The molecule has 1 heterocycles. The van der Waals surface area contributed by atoms with Crippen LogP contribution in [0.15, 0.2) is 30.5 Å². The van der Waals surface area contributed by atoms with Crippen LogP contribution in [-0.2, 0) is 16.1 Å². The number of nitrogens with zero attached hydrogens (tertiary/aromatic N) is 3. The van der Waals surface area contributed by atoms with Gasteiger partial charge in [-0.25, -0.2) is 4.79 Å². The molecular weight excluding hydrogens is 358 g/mol. The van der Waals surface area contributed by atoms with E-state index in [1.165, 1.54) is 16.8 Å². The third-order valence-corrected chi connectivity index (χ3v) is 5.18. The Hall–Kier alpha value is -3.03. The summed E-state index contributed by atoms with van der Waals surface area (Å²) < 4.78 is 2.09. The number of carbonyl (C=O) groups excluding carboxylic acids is 3. The lowest BCUT2D eigenvalue weighted by Crippen LogP contribution is -2.53. The normalized spacial score (nSPS) is 12.9. The standard InChI is InChI=1S/C20H29N5O3/c1-7-25-11-10-15-8-9-16(12-17(15)25)22-20(28)24(6)14(3)19(27)23(5)13(2)18(26)21-4/h8-14H,7H2,1-6H3,(H,21,26)(H,22,28). The Morgan fingerprint density at radius 2 is 1.75 bits per heavy atom. The third kappa shape index (κ3) is 4.27. The highest BCUT2D eigenvalue weighted by atomic mass is 16.2. The number of likely N-dealkylation sites (N-methyl/N-ethyl adjacent to an activating group) is 3. The van der Waals surface area contributed by atoms with Crippen molar-refractivity contribution in [2.24, 2.45) is 0 Å². The Morgan fingerprint density at radius 3 is 2.36 bits per heavy atom. The van der Waals surface area contributed by atoms with Crippen molar-refractivity contribution < 1.29 is 14.4 Å². The number of benzene rings is 1. The van der Waals surface area contributed by atoms with Crippen LogP contribution in [-0.4, -0.2) is 65.4 Å². The van der Waals surface area contributed by atoms with Gasteiger partial charge >= 0.3 is 6.03 Å². The van der Waals surface area contributed by atoms with Gasteiger partial charge in [0.1, 0.15) is 12.1 Å². The molecule has 1 aromatic carbocycles. The zero-order chi connectivity index (χ0) is 21.0. The summed E-state index contributed by atoms with van der Waals surface area (Å²) in [5, 5.41) is 6.45. The van der Waals surface area contributed by atoms with Crippen LogP contribution in [0.2, 0.25) is 0 Å². The van der Waals surface area contributed by atoms with Gasteiger partial charge in [0.05, 0.1) is 5.52 Å². The molecule has 0 spiro atoms. The molecule has 2 rings (SSSR count). The average molecular weight is 387 g/mol. The quantitative estimate of drug-likeness (QED) is 0.796. The second kappa shape index (κ2) is 8.77. The van der Waals surface area contributed by atoms with E-state index < -0.39 is 18.1 Å². The number of carbonyl (C=O) groups is 3.